The van der Waals surface area contributed by atoms with Crippen LogP contribution in [-0.2, 0) is 19.1 Å². The van der Waals surface area contributed by atoms with Crippen molar-refractivity contribution in [3.8, 4) is 0 Å². The number of carboxylic acid groups (broad SMARTS) is 1. The van der Waals surface area contributed by atoms with Crippen LogP contribution in [0.5, 0.6) is 0 Å². The summed E-state index contributed by atoms with van der Waals surface area (Å²) in [6, 6.07) is 0. The monoisotopic (exact) mass is 218 g/mol. The molecule has 0 aliphatic heterocycles. The number of unbranched alkanes of at least 4 members (excludes halogenated alkanes) is 1. The standard InChI is InChI=1S/C10H18O5/c1-3-4-6-15-7-5-8(9(11)12)10(13)14-2/h8H,3-7H2,1-2H3,(H,11,12). The first-order chi connectivity index (χ1) is 7.13. The number of carbonyl (C=O) groups excluding carboxylic acids is 1. The third-order valence-electron chi connectivity index (χ3n) is 1.98. The molecule has 0 radical (unpaired) electrons. The second-order valence-electron chi connectivity index (χ2n) is 3.17. The SMILES string of the molecule is CCCCOCCC(C(=O)O)C(=O)OC. The number of methoxy groups -OCH3 is 1. The first-order valence-corrected chi connectivity index (χ1v) is 5.01. The van der Waals surface area contributed by atoms with Gasteiger partial charge < -0.3 is 14.6 Å². The number of ether oxygens (including phenoxy) is 2. The van der Waals surface area contributed by atoms with Crippen molar-refractivity contribution in [2.75, 3.05) is 20.3 Å². The van der Waals surface area contributed by atoms with Crippen molar-refractivity contribution in [2.24, 2.45) is 5.92 Å². The highest BCUT2D eigenvalue weighted by Gasteiger charge is 2.26. The van der Waals surface area contributed by atoms with Crippen molar-refractivity contribution in [3.63, 3.8) is 0 Å². The molecule has 0 rings (SSSR count). The fourth-order valence-corrected chi connectivity index (χ4v) is 1.03. The summed E-state index contributed by atoms with van der Waals surface area (Å²) in [4.78, 5) is 21.7. The van der Waals surface area contributed by atoms with Gasteiger partial charge in [-0.25, -0.2) is 0 Å². The molecule has 0 saturated heterocycles. The lowest BCUT2D eigenvalue weighted by molar-refractivity contribution is -0.157. The number of carboxylic acids is 1. The van der Waals surface area contributed by atoms with Gasteiger partial charge in [-0.2, -0.15) is 0 Å². The molecule has 0 heterocycles. The van der Waals surface area contributed by atoms with Gasteiger partial charge in [0.2, 0.25) is 0 Å². The molecule has 5 heteroatoms. The number of carbonyl (C=O) groups is 2. The molecule has 1 N–H and O–H groups in total. The Labute approximate surface area is 89.4 Å². The molecule has 0 bridgehead atoms. The minimum absolute atomic E-state index is 0.158. The van der Waals surface area contributed by atoms with Crippen LogP contribution in [0.3, 0.4) is 0 Å². The highest BCUT2D eigenvalue weighted by Crippen LogP contribution is 2.06. The van der Waals surface area contributed by atoms with Gasteiger partial charge in [0, 0.05) is 13.2 Å². The highest BCUT2D eigenvalue weighted by atomic mass is 16.5. The average Bonchev–Trinajstić information content (AvgIpc) is 2.22. The quantitative estimate of drug-likeness (QED) is 0.375. The van der Waals surface area contributed by atoms with Crippen molar-refractivity contribution in [3.05, 3.63) is 0 Å². The van der Waals surface area contributed by atoms with Crippen LogP contribution in [0.25, 0.3) is 0 Å². The van der Waals surface area contributed by atoms with E-state index >= 15 is 0 Å². The third kappa shape index (κ3) is 6.06. The molecular formula is C10H18O5. The Morgan fingerprint density at radius 2 is 2.00 bits per heavy atom. The summed E-state index contributed by atoms with van der Waals surface area (Å²) in [5.74, 6) is -3.00. The van der Waals surface area contributed by atoms with E-state index in [1.165, 1.54) is 7.11 Å². The minimum Gasteiger partial charge on any atom is -0.481 e. The van der Waals surface area contributed by atoms with Gasteiger partial charge in [0.15, 0.2) is 5.92 Å². The van der Waals surface area contributed by atoms with Gasteiger partial charge in [0.1, 0.15) is 0 Å². The lowest BCUT2D eigenvalue weighted by atomic mass is 10.1. The van der Waals surface area contributed by atoms with Crippen LogP contribution >= 0.6 is 0 Å². The van der Waals surface area contributed by atoms with E-state index in [2.05, 4.69) is 4.74 Å². The van der Waals surface area contributed by atoms with Gasteiger partial charge in [-0.15, -0.1) is 0 Å². The zero-order chi connectivity index (χ0) is 11.7. The summed E-state index contributed by atoms with van der Waals surface area (Å²) >= 11 is 0. The Kier molecular flexibility index (Phi) is 7.62. The molecular weight excluding hydrogens is 200 g/mol. The minimum atomic E-state index is -1.17. The van der Waals surface area contributed by atoms with Gasteiger partial charge in [-0.1, -0.05) is 13.3 Å². The summed E-state index contributed by atoms with van der Waals surface area (Å²) in [6.07, 6.45) is 2.13. The van der Waals surface area contributed by atoms with E-state index in [1.807, 2.05) is 6.92 Å². The maximum atomic E-state index is 11.0. The predicted octanol–water partition coefficient (Wildman–Crippen LogP) is 1.07. The Hall–Kier alpha value is -1.10. The molecule has 0 spiro atoms. The van der Waals surface area contributed by atoms with E-state index in [9.17, 15) is 9.59 Å². The fourth-order valence-electron chi connectivity index (χ4n) is 1.03. The van der Waals surface area contributed by atoms with Crippen LogP contribution in [0.2, 0.25) is 0 Å². The molecule has 0 aromatic carbocycles. The summed E-state index contributed by atoms with van der Waals surface area (Å²) < 4.78 is 9.55. The zero-order valence-electron chi connectivity index (χ0n) is 9.19. The normalized spacial score (nSPS) is 12.1. The summed E-state index contributed by atoms with van der Waals surface area (Å²) in [5.41, 5.74) is 0. The predicted molar refractivity (Wildman–Crippen MR) is 53.5 cm³/mol. The summed E-state index contributed by atoms with van der Waals surface area (Å²) in [6.45, 7) is 2.91. The largest absolute Gasteiger partial charge is 0.481 e. The molecule has 88 valence electrons. The molecule has 15 heavy (non-hydrogen) atoms. The number of esters is 1. The summed E-state index contributed by atoms with van der Waals surface area (Å²) in [7, 11) is 1.18. The third-order valence-corrected chi connectivity index (χ3v) is 1.98. The second kappa shape index (κ2) is 8.23. The topological polar surface area (TPSA) is 72.8 Å². The Morgan fingerprint density at radius 3 is 2.47 bits per heavy atom. The smallest absolute Gasteiger partial charge is 0.320 e. The number of hydrogen-bond acceptors (Lipinski definition) is 4. The van der Waals surface area contributed by atoms with Crippen LogP contribution < -0.4 is 0 Å². The first kappa shape index (κ1) is 13.9. The van der Waals surface area contributed by atoms with E-state index in [0.29, 0.717) is 6.61 Å². The maximum absolute atomic E-state index is 11.0. The zero-order valence-corrected chi connectivity index (χ0v) is 9.19. The molecule has 0 fully saturated rings. The van der Waals surface area contributed by atoms with Crippen molar-refractivity contribution in [1.29, 1.82) is 0 Å². The molecule has 0 aromatic rings. The van der Waals surface area contributed by atoms with Gasteiger partial charge >= 0.3 is 11.9 Å². The summed E-state index contributed by atoms with van der Waals surface area (Å²) in [5, 5.41) is 8.72. The van der Waals surface area contributed by atoms with Crippen molar-refractivity contribution in [1.82, 2.24) is 0 Å². The molecule has 0 aliphatic carbocycles. The van der Waals surface area contributed by atoms with Gasteiger partial charge in [-0.3, -0.25) is 9.59 Å². The number of rotatable bonds is 8. The lowest BCUT2D eigenvalue weighted by Gasteiger charge is -2.09. The Balaban J connectivity index is 3.77. The molecule has 0 amide bonds. The first-order valence-electron chi connectivity index (χ1n) is 5.01. The van der Waals surface area contributed by atoms with Crippen molar-refractivity contribution >= 4 is 11.9 Å². The van der Waals surface area contributed by atoms with Crippen LogP contribution in [0.1, 0.15) is 26.2 Å². The van der Waals surface area contributed by atoms with E-state index < -0.39 is 17.9 Å². The van der Waals surface area contributed by atoms with Crippen LogP contribution in [0, 0.1) is 5.92 Å². The fraction of sp³-hybridized carbons (Fsp3) is 0.800. The highest BCUT2D eigenvalue weighted by molar-refractivity contribution is 5.93. The van der Waals surface area contributed by atoms with E-state index in [-0.39, 0.29) is 13.0 Å². The van der Waals surface area contributed by atoms with E-state index in [4.69, 9.17) is 9.84 Å². The molecule has 1 unspecified atom stereocenters. The van der Waals surface area contributed by atoms with E-state index in [0.717, 1.165) is 12.8 Å². The molecule has 0 aromatic heterocycles. The molecule has 0 saturated carbocycles. The van der Waals surface area contributed by atoms with Gasteiger partial charge in [0.05, 0.1) is 7.11 Å². The molecule has 5 nitrogen and oxygen atoms in total. The average molecular weight is 218 g/mol. The van der Waals surface area contributed by atoms with Crippen molar-refractivity contribution < 1.29 is 24.2 Å². The maximum Gasteiger partial charge on any atom is 0.320 e. The van der Waals surface area contributed by atoms with Gasteiger partial charge in [0.25, 0.3) is 0 Å². The van der Waals surface area contributed by atoms with Crippen LogP contribution in [0.15, 0.2) is 0 Å². The second-order valence-corrected chi connectivity index (χ2v) is 3.17. The number of aliphatic carboxylic acids is 1. The number of hydrogen-bond donors (Lipinski definition) is 1. The van der Waals surface area contributed by atoms with Crippen molar-refractivity contribution in [2.45, 2.75) is 26.2 Å². The van der Waals surface area contributed by atoms with Crippen LogP contribution in [-0.4, -0.2) is 37.4 Å². The van der Waals surface area contributed by atoms with E-state index in [1.54, 1.807) is 0 Å². The Bertz CT molecular complexity index is 202. The lowest BCUT2D eigenvalue weighted by Crippen LogP contribution is -2.26. The van der Waals surface area contributed by atoms with Gasteiger partial charge in [-0.05, 0) is 12.8 Å². The Morgan fingerprint density at radius 1 is 1.33 bits per heavy atom. The molecule has 0 aliphatic rings. The van der Waals surface area contributed by atoms with Crippen LogP contribution in [0.4, 0.5) is 0 Å². The molecule has 1 atom stereocenters.